The minimum atomic E-state index is 0.167. The van der Waals surface area contributed by atoms with Crippen LogP contribution in [-0.2, 0) is 4.74 Å². The summed E-state index contributed by atoms with van der Waals surface area (Å²) in [5.74, 6) is 0.180. The summed E-state index contributed by atoms with van der Waals surface area (Å²) in [5, 5.41) is 5.19. The van der Waals surface area contributed by atoms with E-state index in [1.807, 2.05) is 11.4 Å². The van der Waals surface area contributed by atoms with Crippen LogP contribution in [-0.4, -0.2) is 31.6 Å². The van der Waals surface area contributed by atoms with E-state index in [0.29, 0.717) is 13.0 Å². The summed E-state index contributed by atoms with van der Waals surface area (Å²) in [6.07, 6.45) is 0.513. The molecule has 1 atom stereocenters. The first-order valence-electron chi connectivity index (χ1n) is 4.84. The van der Waals surface area contributed by atoms with Gasteiger partial charge in [-0.25, -0.2) is 0 Å². The van der Waals surface area contributed by atoms with Crippen molar-refractivity contribution in [2.24, 2.45) is 0 Å². The number of hydrogen-bond donors (Lipinski definition) is 1. The number of carbonyl (C=O) groups excluding carboxylic acids is 1. The fraction of sp³-hybridized carbons (Fsp3) is 0.500. The minimum Gasteiger partial charge on any atom is -0.378 e. The van der Waals surface area contributed by atoms with Crippen LogP contribution in [0.5, 0.6) is 0 Å². The fourth-order valence-electron chi connectivity index (χ4n) is 1.56. The third-order valence-corrected chi connectivity index (χ3v) is 4.18. The molecular formula is C10H12BrNO2S. The summed E-state index contributed by atoms with van der Waals surface area (Å²) < 4.78 is 6.20. The lowest BCUT2D eigenvalue weighted by atomic mass is 10.1. The Morgan fingerprint density at radius 3 is 3.20 bits per heavy atom. The highest BCUT2D eigenvalue weighted by atomic mass is 79.9. The minimum absolute atomic E-state index is 0.167. The Bertz CT molecular complexity index is 347. The molecule has 82 valence electrons. The van der Waals surface area contributed by atoms with Crippen molar-refractivity contribution < 1.29 is 9.53 Å². The Kier molecular flexibility index (Phi) is 3.91. The van der Waals surface area contributed by atoms with E-state index in [4.69, 9.17) is 4.74 Å². The maximum absolute atomic E-state index is 11.9. The molecule has 0 radical (unpaired) electrons. The molecule has 3 nitrogen and oxygen atoms in total. The van der Waals surface area contributed by atoms with Gasteiger partial charge in [0.2, 0.25) is 0 Å². The largest absolute Gasteiger partial charge is 0.378 e. The molecule has 1 saturated heterocycles. The molecule has 1 aliphatic rings. The summed E-state index contributed by atoms with van der Waals surface area (Å²) in [7, 11) is 0. The van der Waals surface area contributed by atoms with Crippen molar-refractivity contribution >= 4 is 33.0 Å². The van der Waals surface area contributed by atoms with Gasteiger partial charge in [0.25, 0.3) is 0 Å². The Labute approximate surface area is 101 Å². The van der Waals surface area contributed by atoms with Gasteiger partial charge in [-0.1, -0.05) is 0 Å². The van der Waals surface area contributed by atoms with Crippen molar-refractivity contribution in [3.8, 4) is 0 Å². The predicted octanol–water partition coefficient (Wildman–Crippen LogP) is 2.07. The third kappa shape index (κ3) is 2.87. The molecule has 1 aliphatic heterocycles. The molecule has 0 aromatic carbocycles. The molecule has 0 aliphatic carbocycles. The van der Waals surface area contributed by atoms with Crippen LogP contribution >= 0.6 is 27.3 Å². The molecule has 1 unspecified atom stereocenters. The van der Waals surface area contributed by atoms with Crippen molar-refractivity contribution in [1.29, 1.82) is 0 Å². The van der Waals surface area contributed by atoms with E-state index in [0.717, 1.165) is 22.5 Å². The number of ether oxygens (including phenoxy) is 1. The van der Waals surface area contributed by atoms with Crippen molar-refractivity contribution in [3.63, 3.8) is 0 Å². The van der Waals surface area contributed by atoms with E-state index in [-0.39, 0.29) is 11.8 Å². The van der Waals surface area contributed by atoms with Crippen molar-refractivity contribution in [1.82, 2.24) is 5.32 Å². The molecule has 2 rings (SSSR count). The Morgan fingerprint density at radius 1 is 1.73 bits per heavy atom. The van der Waals surface area contributed by atoms with E-state index in [1.165, 1.54) is 11.3 Å². The summed E-state index contributed by atoms with van der Waals surface area (Å²) >= 11 is 4.85. The summed E-state index contributed by atoms with van der Waals surface area (Å²) in [4.78, 5) is 12.7. The summed E-state index contributed by atoms with van der Waals surface area (Å²) in [6, 6.07) is 2.07. The van der Waals surface area contributed by atoms with Crippen molar-refractivity contribution in [2.75, 3.05) is 19.8 Å². The number of nitrogens with one attached hydrogen (secondary N) is 1. The van der Waals surface area contributed by atoms with Gasteiger partial charge in [-0.2, -0.15) is 0 Å². The van der Waals surface area contributed by atoms with Gasteiger partial charge in [-0.15, -0.1) is 11.3 Å². The molecule has 2 heterocycles. The smallest absolute Gasteiger partial charge is 0.175 e. The highest BCUT2D eigenvalue weighted by Crippen LogP contribution is 2.24. The normalized spacial score (nSPS) is 21.5. The van der Waals surface area contributed by atoms with E-state index >= 15 is 0 Å². The van der Waals surface area contributed by atoms with E-state index < -0.39 is 0 Å². The van der Waals surface area contributed by atoms with Gasteiger partial charge in [0, 0.05) is 23.5 Å². The number of hydrogen-bond acceptors (Lipinski definition) is 4. The van der Waals surface area contributed by atoms with Gasteiger partial charge in [0.05, 0.1) is 18.1 Å². The standard InChI is InChI=1S/C10H12BrNO2S/c11-8-1-4-15-10(8)9(13)5-7-6-14-3-2-12-7/h1,4,7,12H,2-3,5-6H2. The van der Waals surface area contributed by atoms with Gasteiger partial charge >= 0.3 is 0 Å². The van der Waals surface area contributed by atoms with Crippen LogP contribution in [0.3, 0.4) is 0 Å². The lowest BCUT2D eigenvalue weighted by Gasteiger charge is -2.22. The molecule has 0 saturated carbocycles. The zero-order valence-electron chi connectivity index (χ0n) is 8.16. The average molecular weight is 290 g/mol. The summed E-state index contributed by atoms with van der Waals surface area (Å²) in [5.41, 5.74) is 0. The molecule has 1 aromatic heterocycles. The van der Waals surface area contributed by atoms with E-state index in [9.17, 15) is 4.79 Å². The zero-order valence-corrected chi connectivity index (χ0v) is 10.6. The average Bonchev–Trinajstić information content (AvgIpc) is 2.66. The third-order valence-electron chi connectivity index (χ3n) is 2.30. The topological polar surface area (TPSA) is 38.3 Å². The lowest BCUT2D eigenvalue weighted by molar-refractivity contribution is 0.0677. The number of Topliss-reactive ketones (excluding diaryl/α,β-unsaturated/α-hetero) is 1. The number of thiophene rings is 1. The van der Waals surface area contributed by atoms with E-state index in [2.05, 4.69) is 21.2 Å². The highest BCUT2D eigenvalue weighted by Gasteiger charge is 2.19. The maximum atomic E-state index is 11.9. The number of carbonyl (C=O) groups is 1. The first-order valence-corrected chi connectivity index (χ1v) is 6.52. The SMILES string of the molecule is O=C(CC1COCCN1)c1sccc1Br. The second kappa shape index (κ2) is 5.21. The lowest BCUT2D eigenvalue weighted by Crippen LogP contribution is -2.42. The quantitative estimate of drug-likeness (QED) is 0.866. The van der Waals surface area contributed by atoms with Crippen LogP contribution in [0.4, 0.5) is 0 Å². The van der Waals surface area contributed by atoms with Gasteiger partial charge in [0.15, 0.2) is 5.78 Å². The molecule has 0 bridgehead atoms. The molecule has 0 spiro atoms. The van der Waals surface area contributed by atoms with Crippen LogP contribution in [0, 0.1) is 0 Å². The first-order chi connectivity index (χ1) is 7.27. The molecular weight excluding hydrogens is 278 g/mol. The van der Waals surface area contributed by atoms with Gasteiger partial charge in [0.1, 0.15) is 0 Å². The fourth-order valence-corrected chi connectivity index (χ4v) is 3.10. The van der Waals surface area contributed by atoms with Gasteiger partial charge in [-0.3, -0.25) is 4.79 Å². The van der Waals surface area contributed by atoms with Crippen LogP contribution < -0.4 is 5.32 Å². The number of rotatable bonds is 3. The Morgan fingerprint density at radius 2 is 2.60 bits per heavy atom. The Balaban J connectivity index is 1.94. The molecule has 0 amide bonds. The van der Waals surface area contributed by atoms with Crippen LogP contribution in [0.25, 0.3) is 0 Å². The number of halogens is 1. The van der Waals surface area contributed by atoms with E-state index in [1.54, 1.807) is 0 Å². The molecule has 15 heavy (non-hydrogen) atoms. The highest BCUT2D eigenvalue weighted by molar-refractivity contribution is 9.10. The zero-order chi connectivity index (χ0) is 10.7. The van der Waals surface area contributed by atoms with Crippen LogP contribution in [0.1, 0.15) is 16.1 Å². The van der Waals surface area contributed by atoms with Crippen LogP contribution in [0.2, 0.25) is 0 Å². The predicted molar refractivity (Wildman–Crippen MR) is 63.6 cm³/mol. The molecule has 1 aromatic rings. The number of morpholine rings is 1. The molecule has 1 N–H and O–H groups in total. The maximum Gasteiger partial charge on any atom is 0.175 e. The van der Waals surface area contributed by atoms with Gasteiger partial charge in [-0.05, 0) is 27.4 Å². The first kappa shape index (κ1) is 11.3. The molecule has 5 heteroatoms. The number of ketones is 1. The summed E-state index contributed by atoms with van der Waals surface area (Å²) in [6.45, 7) is 2.21. The second-order valence-electron chi connectivity index (χ2n) is 3.45. The molecule has 1 fully saturated rings. The van der Waals surface area contributed by atoms with Crippen molar-refractivity contribution in [2.45, 2.75) is 12.5 Å². The van der Waals surface area contributed by atoms with Crippen LogP contribution in [0.15, 0.2) is 15.9 Å². The Hall–Kier alpha value is -0.230. The van der Waals surface area contributed by atoms with Crippen molar-refractivity contribution in [3.05, 3.63) is 20.8 Å². The van der Waals surface area contributed by atoms with Gasteiger partial charge < -0.3 is 10.1 Å². The second-order valence-corrected chi connectivity index (χ2v) is 5.22. The monoisotopic (exact) mass is 289 g/mol.